The molecule has 0 N–H and O–H groups in total. The summed E-state index contributed by atoms with van der Waals surface area (Å²) >= 11 is 0. The highest BCUT2D eigenvalue weighted by molar-refractivity contribution is 5.92. The van der Waals surface area contributed by atoms with Gasteiger partial charge in [0.05, 0.1) is 5.56 Å². The average molecular weight is 271 g/mol. The Balaban J connectivity index is 2.03. The molecule has 20 heavy (non-hydrogen) atoms. The fourth-order valence-electron chi connectivity index (χ4n) is 2.89. The van der Waals surface area contributed by atoms with Crippen molar-refractivity contribution in [3.63, 3.8) is 0 Å². The number of carbonyl (C=O) groups excluding carboxylic acids is 1. The minimum atomic E-state index is -0.0182. The van der Waals surface area contributed by atoms with Crippen LogP contribution in [0.15, 0.2) is 18.3 Å². The van der Waals surface area contributed by atoms with Gasteiger partial charge < -0.3 is 4.90 Å². The van der Waals surface area contributed by atoms with E-state index in [0.29, 0.717) is 16.7 Å². The first-order valence-corrected chi connectivity index (χ1v) is 7.29. The van der Waals surface area contributed by atoms with Crippen LogP contribution < -0.4 is 0 Å². The van der Waals surface area contributed by atoms with Crippen molar-refractivity contribution in [2.24, 2.45) is 5.41 Å². The van der Waals surface area contributed by atoms with Crippen LogP contribution in [0.3, 0.4) is 0 Å². The third-order valence-corrected chi connectivity index (χ3v) is 4.72. The molecule has 0 aliphatic carbocycles. The molecule has 2 heterocycles. The van der Waals surface area contributed by atoms with E-state index in [1.54, 1.807) is 12.1 Å². The quantitative estimate of drug-likeness (QED) is 0.849. The molecule has 0 aromatic carbocycles. The van der Waals surface area contributed by atoms with Gasteiger partial charge in [-0.25, -0.2) is 4.98 Å². The Labute approximate surface area is 120 Å². The molecule has 1 fully saturated rings. The molecule has 0 bridgehead atoms. The van der Waals surface area contributed by atoms with Crippen LogP contribution in [0.5, 0.6) is 0 Å². The van der Waals surface area contributed by atoms with Gasteiger partial charge in [0, 0.05) is 19.3 Å². The second-order valence-corrected chi connectivity index (χ2v) is 5.54. The predicted octanol–water partition coefficient (Wildman–Crippen LogP) is 3.00. The fraction of sp³-hybridized carbons (Fsp3) is 0.562. The minimum absolute atomic E-state index is 0.0182. The number of pyridine rings is 1. The number of hydrogen-bond donors (Lipinski definition) is 0. The summed E-state index contributed by atoms with van der Waals surface area (Å²) in [5.74, 6) is -0.0182. The predicted molar refractivity (Wildman–Crippen MR) is 77.1 cm³/mol. The van der Waals surface area contributed by atoms with Gasteiger partial charge in [-0.2, -0.15) is 5.26 Å². The van der Waals surface area contributed by atoms with Crippen LogP contribution in [0.1, 0.15) is 55.6 Å². The van der Waals surface area contributed by atoms with Crippen LogP contribution in [0.25, 0.3) is 0 Å². The van der Waals surface area contributed by atoms with E-state index >= 15 is 0 Å². The van der Waals surface area contributed by atoms with Crippen molar-refractivity contribution >= 4 is 5.91 Å². The van der Waals surface area contributed by atoms with E-state index in [1.165, 1.54) is 19.0 Å². The fourth-order valence-corrected chi connectivity index (χ4v) is 2.89. The molecule has 1 amide bonds. The lowest BCUT2D eigenvalue weighted by Crippen LogP contribution is -2.43. The smallest absolute Gasteiger partial charge is 0.272 e. The summed E-state index contributed by atoms with van der Waals surface area (Å²) in [4.78, 5) is 18.3. The van der Waals surface area contributed by atoms with E-state index in [4.69, 9.17) is 5.26 Å². The van der Waals surface area contributed by atoms with E-state index in [1.807, 2.05) is 11.0 Å². The van der Waals surface area contributed by atoms with E-state index < -0.39 is 0 Å². The first kappa shape index (κ1) is 14.5. The van der Waals surface area contributed by atoms with Gasteiger partial charge in [0.15, 0.2) is 0 Å². The van der Waals surface area contributed by atoms with E-state index in [2.05, 4.69) is 18.8 Å². The van der Waals surface area contributed by atoms with Crippen molar-refractivity contribution in [3.8, 4) is 6.07 Å². The Morgan fingerprint density at radius 3 is 2.45 bits per heavy atom. The Hall–Kier alpha value is -1.89. The van der Waals surface area contributed by atoms with E-state index in [0.717, 1.165) is 25.9 Å². The largest absolute Gasteiger partial charge is 0.337 e. The number of hydrogen-bond acceptors (Lipinski definition) is 3. The summed E-state index contributed by atoms with van der Waals surface area (Å²) in [5.41, 5.74) is 1.33. The van der Waals surface area contributed by atoms with Crippen molar-refractivity contribution in [2.45, 2.75) is 39.5 Å². The second kappa shape index (κ2) is 6.04. The first-order valence-electron chi connectivity index (χ1n) is 7.29. The minimum Gasteiger partial charge on any atom is -0.337 e. The molecular formula is C16H21N3O. The summed E-state index contributed by atoms with van der Waals surface area (Å²) in [6.07, 6.45) is 5.96. The average Bonchev–Trinajstić information content (AvgIpc) is 2.54. The number of carbonyl (C=O) groups is 1. The van der Waals surface area contributed by atoms with Crippen molar-refractivity contribution in [1.82, 2.24) is 9.88 Å². The molecule has 1 aliphatic heterocycles. The normalized spacial score (nSPS) is 17.6. The van der Waals surface area contributed by atoms with Gasteiger partial charge in [-0.1, -0.05) is 26.7 Å². The first-order chi connectivity index (χ1) is 9.64. The lowest BCUT2D eigenvalue weighted by molar-refractivity contribution is 0.0552. The molecule has 106 valence electrons. The second-order valence-electron chi connectivity index (χ2n) is 5.54. The van der Waals surface area contributed by atoms with Gasteiger partial charge in [-0.15, -0.1) is 0 Å². The van der Waals surface area contributed by atoms with Gasteiger partial charge in [0.2, 0.25) is 0 Å². The zero-order valence-electron chi connectivity index (χ0n) is 12.2. The molecule has 4 heteroatoms. The Kier molecular flexibility index (Phi) is 4.39. The van der Waals surface area contributed by atoms with E-state index in [-0.39, 0.29) is 5.91 Å². The maximum atomic E-state index is 12.4. The number of aromatic nitrogens is 1. The Morgan fingerprint density at radius 2 is 2.00 bits per heavy atom. The highest BCUT2D eigenvalue weighted by atomic mass is 16.2. The number of nitriles is 1. The lowest BCUT2D eigenvalue weighted by Gasteiger charge is -2.40. The topological polar surface area (TPSA) is 57.0 Å². The monoisotopic (exact) mass is 271 g/mol. The lowest BCUT2D eigenvalue weighted by atomic mass is 9.74. The van der Waals surface area contributed by atoms with Crippen molar-refractivity contribution in [3.05, 3.63) is 29.6 Å². The number of likely N-dealkylation sites (tertiary alicyclic amines) is 1. The van der Waals surface area contributed by atoms with Crippen molar-refractivity contribution in [1.29, 1.82) is 5.26 Å². The van der Waals surface area contributed by atoms with Crippen LogP contribution in [0.4, 0.5) is 0 Å². The third kappa shape index (κ3) is 2.82. The highest BCUT2D eigenvalue weighted by Crippen LogP contribution is 2.38. The highest BCUT2D eigenvalue weighted by Gasteiger charge is 2.33. The summed E-state index contributed by atoms with van der Waals surface area (Å²) in [5, 5.41) is 8.74. The molecule has 0 spiro atoms. The standard InChI is InChI=1S/C16H21N3O/c1-3-16(4-2)7-9-19(10-8-16)15(20)14-6-5-13(11-17)12-18-14/h5-6,12H,3-4,7-10H2,1-2H3. The molecule has 0 radical (unpaired) electrons. The maximum absolute atomic E-state index is 12.4. The maximum Gasteiger partial charge on any atom is 0.272 e. The van der Waals surface area contributed by atoms with Gasteiger partial charge in [-0.3, -0.25) is 4.79 Å². The van der Waals surface area contributed by atoms with Crippen molar-refractivity contribution in [2.75, 3.05) is 13.1 Å². The molecular weight excluding hydrogens is 250 g/mol. The summed E-state index contributed by atoms with van der Waals surface area (Å²) in [6.45, 7) is 6.09. The zero-order chi connectivity index (χ0) is 14.6. The molecule has 1 aromatic rings. The van der Waals surface area contributed by atoms with Crippen LogP contribution >= 0.6 is 0 Å². The van der Waals surface area contributed by atoms with Crippen LogP contribution in [0, 0.1) is 16.7 Å². The number of rotatable bonds is 3. The molecule has 0 atom stereocenters. The third-order valence-electron chi connectivity index (χ3n) is 4.72. The zero-order valence-corrected chi connectivity index (χ0v) is 12.2. The molecule has 1 aliphatic rings. The summed E-state index contributed by atoms with van der Waals surface area (Å²) < 4.78 is 0. The number of piperidine rings is 1. The molecule has 1 aromatic heterocycles. The van der Waals surface area contributed by atoms with Crippen LogP contribution in [0.2, 0.25) is 0 Å². The Morgan fingerprint density at radius 1 is 1.35 bits per heavy atom. The molecule has 1 saturated heterocycles. The number of amides is 1. The van der Waals surface area contributed by atoms with Gasteiger partial charge in [0.25, 0.3) is 5.91 Å². The summed E-state index contributed by atoms with van der Waals surface area (Å²) in [6, 6.07) is 5.30. The van der Waals surface area contributed by atoms with Crippen molar-refractivity contribution < 1.29 is 4.79 Å². The molecule has 2 rings (SSSR count). The Bertz CT molecular complexity index is 502. The van der Waals surface area contributed by atoms with Gasteiger partial charge >= 0.3 is 0 Å². The van der Waals surface area contributed by atoms with Crippen LogP contribution in [-0.2, 0) is 0 Å². The SMILES string of the molecule is CCC1(CC)CCN(C(=O)c2ccc(C#N)cn2)CC1. The molecule has 0 saturated carbocycles. The van der Waals surface area contributed by atoms with E-state index in [9.17, 15) is 4.79 Å². The van der Waals surface area contributed by atoms with Gasteiger partial charge in [0.1, 0.15) is 11.8 Å². The number of nitrogens with zero attached hydrogens (tertiary/aromatic N) is 3. The molecule has 0 unspecified atom stereocenters. The summed E-state index contributed by atoms with van der Waals surface area (Å²) in [7, 11) is 0. The molecule has 4 nitrogen and oxygen atoms in total. The van der Waals surface area contributed by atoms with Crippen LogP contribution in [-0.4, -0.2) is 28.9 Å². The van der Waals surface area contributed by atoms with Gasteiger partial charge in [-0.05, 0) is 30.4 Å².